The fourth-order valence-corrected chi connectivity index (χ4v) is 2.10. The molecular weight excluding hydrogens is 334 g/mol. The van der Waals surface area contributed by atoms with Gasteiger partial charge in [0, 0.05) is 11.0 Å². The number of hydrogen-bond donors (Lipinski definition) is 1. The zero-order valence-corrected chi connectivity index (χ0v) is 12.5. The second kappa shape index (κ2) is 7.33. The Labute approximate surface area is 124 Å². The lowest BCUT2D eigenvalue weighted by molar-refractivity contribution is -0.118. The third kappa shape index (κ3) is 4.26. The van der Waals surface area contributed by atoms with Gasteiger partial charge in [-0.15, -0.1) is 0 Å². The van der Waals surface area contributed by atoms with E-state index >= 15 is 0 Å². The molecule has 0 saturated heterocycles. The maximum atomic E-state index is 13.7. The van der Waals surface area contributed by atoms with Gasteiger partial charge in [-0.3, -0.25) is 9.59 Å². The number of halogens is 3. The van der Waals surface area contributed by atoms with Crippen LogP contribution >= 0.6 is 15.9 Å². The van der Waals surface area contributed by atoms with Crippen LogP contribution in [0.3, 0.4) is 0 Å². The molecule has 0 radical (unpaired) electrons. The largest absolute Gasteiger partial charge is 0.368 e. The van der Waals surface area contributed by atoms with Crippen LogP contribution in [-0.2, 0) is 4.79 Å². The van der Waals surface area contributed by atoms with Crippen molar-refractivity contribution < 1.29 is 18.4 Å². The standard InChI is InChI=1S/C13H15BrF2N2O2/c1-2-3-4-18(7-11(17)19)13(20)12-9(15)5-8(14)6-10(12)16/h5-6H,2-4,7H2,1H3,(H2,17,19). The van der Waals surface area contributed by atoms with Gasteiger partial charge in [0.05, 0.1) is 6.54 Å². The van der Waals surface area contributed by atoms with Gasteiger partial charge in [-0.05, 0) is 18.6 Å². The Morgan fingerprint density at radius 1 is 1.30 bits per heavy atom. The average Bonchev–Trinajstić information content (AvgIpc) is 2.32. The molecule has 1 aromatic rings. The lowest BCUT2D eigenvalue weighted by Gasteiger charge is -2.21. The van der Waals surface area contributed by atoms with E-state index in [-0.39, 0.29) is 17.6 Å². The number of rotatable bonds is 6. The van der Waals surface area contributed by atoms with E-state index in [0.717, 1.165) is 23.5 Å². The third-order valence-corrected chi connectivity index (χ3v) is 3.09. The lowest BCUT2D eigenvalue weighted by Crippen LogP contribution is -2.39. The van der Waals surface area contributed by atoms with Gasteiger partial charge in [-0.1, -0.05) is 29.3 Å². The molecule has 0 aliphatic heterocycles. The number of unbranched alkanes of at least 4 members (excludes halogenated alkanes) is 1. The van der Waals surface area contributed by atoms with Gasteiger partial charge in [0.15, 0.2) is 0 Å². The number of primary amides is 1. The number of hydrogen-bond acceptors (Lipinski definition) is 2. The molecule has 110 valence electrons. The fourth-order valence-electron chi connectivity index (χ4n) is 1.69. The number of nitrogens with zero attached hydrogens (tertiary/aromatic N) is 1. The first-order chi connectivity index (χ1) is 9.36. The van der Waals surface area contributed by atoms with Crippen molar-refractivity contribution >= 4 is 27.7 Å². The van der Waals surface area contributed by atoms with Crippen molar-refractivity contribution in [1.82, 2.24) is 4.90 Å². The fraction of sp³-hybridized carbons (Fsp3) is 0.385. The minimum absolute atomic E-state index is 0.194. The maximum absolute atomic E-state index is 13.7. The van der Waals surface area contributed by atoms with Crippen molar-refractivity contribution in [3.63, 3.8) is 0 Å². The molecule has 20 heavy (non-hydrogen) atoms. The summed E-state index contributed by atoms with van der Waals surface area (Å²) in [6.07, 6.45) is 1.38. The van der Waals surface area contributed by atoms with Crippen molar-refractivity contribution in [3.8, 4) is 0 Å². The zero-order chi connectivity index (χ0) is 15.3. The Balaban J connectivity index is 3.08. The number of amides is 2. The van der Waals surface area contributed by atoms with Crippen molar-refractivity contribution in [2.75, 3.05) is 13.1 Å². The third-order valence-electron chi connectivity index (χ3n) is 2.64. The van der Waals surface area contributed by atoms with E-state index < -0.39 is 29.0 Å². The van der Waals surface area contributed by atoms with E-state index in [1.165, 1.54) is 0 Å². The Bertz CT molecular complexity index is 500. The molecule has 0 fully saturated rings. The molecule has 0 saturated carbocycles. The molecule has 0 spiro atoms. The highest BCUT2D eigenvalue weighted by atomic mass is 79.9. The molecule has 0 heterocycles. The molecule has 0 bridgehead atoms. The molecule has 4 nitrogen and oxygen atoms in total. The Hall–Kier alpha value is -1.50. The van der Waals surface area contributed by atoms with Crippen LogP contribution in [0.5, 0.6) is 0 Å². The van der Waals surface area contributed by atoms with Gasteiger partial charge in [0.2, 0.25) is 5.91 Å². The van der Waals surface area contributed by atoms with Crippen LogP contribution in [-0.4, -0.2) is 29.8 Å². The molecular formula is C13H15BrF2N2O2. The number of carbonyl (C=O) groups excluding carboxylic acids is 2. The molecule has 7 heteroatoms. The summed E-state index contributed by atoms with van der Waals surface area (Å²) in [5, 5.41) is 0. The summed E-state index contributed by atoms with van der Waals surface area (Å²) >= 11 is 2.94. The quantitative estimate of drug-likeness (QED) is 0.858. The van der Waals surface area contributed by atoms with E-state index in [0.29, 0.717) is 6.42 Å². The minimum Gasteiger partial charge on any atom is -0.368 e. The first-order valence-electron chi connectivity index (χ1n) is 6.09. The summed E-state index contributed by atoms with van der Waals surface area (Å²) < 4.78 is 27.7. The van der Waals surface area contributed by atoms with Crippen LogP contribution in [0.2, 0.25) is 0 Å². The Kier molecular flexibility index (Phi) is 6.06. The van der Waals surface area contributed by atoms with Gasteiger partial charge in [-0.2, -0.15) is 0 Å². The van der Waals surface area contributed by atoms with Crippen LogP contribution in [0.1, 0.15) is 30.1 Å². The van der Waals surface area contributed by atoms with Gasteiger partial charge >= 0.3 is 0 Å². The molecule has 2 amide bonds. The Morgan fingerprint density at radius 3 is 2.30 bits per heavy atom. The van der Waals surface area contributed by atoms with E-state index in [1.54, 1.807) is 0 Å². The van der Waals surface area contributed by atoms with E-state index in [2.05, 4.69) is 15.9 Å². The van der Waals surface area contributed by atoms with Crippen molar-refractivity contribution in [2.45, 2.75) is 19.8 Å². The summed E-state index contributed by atoms with van der Waals surface area (Å²) in [4.78, 5) is 24.2. The monoisotopic (exact) mass is 348 g/mol. The minimum atomic E-state index is -0.979. The highest BCUT2D eigenvalue weighted by Crippen LogP contribution is 2.21. The summed E-state index contributed by atoms with van der Waals surface area (Å²) in [7, 11) is 0. The maximum Gasteiger partial charge on any atom is 0.260 e. The summed E-state index contributed by atoms with van der Waals surface area (Å²) in [6, 6.07) is 2.00. The number of nitrogens with two attached hydrogens (primary N) is 1. The molecule has 1 rings (SSSR count). The van der Waals surface area contributed by atoms with E-state index in [4.69, 9.17) is 5.73 Å². The van der Waals surface area contributed by atoms with Crippen LogP contribution in [0.15, 0.2) is 16.6 Å². The molecule has 2 N–H and O–H groups in total. The van der Waals surface area contributed by atoms with Crippen LogP contribution in [0.25, 0.3) is 0 Å². The van der Waals surface area contributed by atoms with Crippen molar-refractivity contribution in [3.05, 3.63) is 33.8 Å². The molecule has 0 atom stereocenters. The first kappa shape index (κ1) is 16.6. The second-order valence-electron chi connectivity index (χ2n) is 4.29. The normalized spacial score (nSPS) is 10.4. The van der Waals surface area contributed by atoms with Gasteiger partial charge in [-0.25, -0.2) is 8.78 Å². The summed E-state index contributed by atoms with van der Waals surface area (Å²) in [6.45, 7) is 1.74. The van der Waals surface area contributed by atoms with E-state index in [9.17, 15) is 18.4 Å². The predicted octanol–water partition coefficient (Wildman–Crippen LogP) is 2.45. The smallest absolute Gasteiger partial charge is 0.260 e. The topological polar surface area (TPSA) is 63.4 Å². The number of carbonyl (C=O) groups is 2. The van der Waals surface area contributed by atoms with Crippen LogP contribution in [0.4, 0.5) is 8.78 Å². The van der Waals surface area contributed by atoms with Gasteiger partial charge < -0.3 is 10.6 Å². The predicted molar refractivity (Wildman–Crippen MR) is 74.1 cm³/mol. The van der Waals surface area contributed by atoms with E-state index in [1.807, 2.05) is 6.92 Å². The average molecular weight is 349 g/mol. The summed E-state index contributed by atoms with van der Waals surface area (Å²) in [5.41, 5.74) is 4.38. The highest BCUT2D eigenvalue weighted by Gasteiger charge is 2.24. The van der Waals surface area contributed by atoms with Crippen molar-refractivity contribution in [1.29, 1.82) is 0 Å². The number of benzene rings is 1. The molecule has 0 aromatic heterocycles. The molecule has 1 aromatic carbocycles. The van der Waals surface area contributed by atoms with Crippen LogP contribution < -0.4 is 5.73 Å². The Morgan fingerprint density at radius 2 is 1.85 bits per heavy atom. The molecule has 0 aliphatic rings. The first-order valence-corrected chi connectivity index (χ1v) is 6.88. The van der Waals surface area contributed by atoms with Gasteiger partial charge in [0.1, 0.15) is 17.2 Å². The summed E-state index contributed by atoms with van der Waals surface area (Å²) in [5.74, 6) is -3.56. The van der Waals surface area contributed by atoms with Gasteiger partial charge in [0.25, 0.3) is 5.91 Å². The molecule has 0 aliphatic carbocycles. The lowest BCUT2D eigenvalue weighted by atomic mass is 10.1. The zero-order valence-electron chi connectivity index (χ0n) is 11.0. The molecule has 0 unspecified atom stereocenters. The van der Waals surface area contributed by atoms with Crippen molar-refractivity contribution in [2.24, 2.45) is 5.73 Å². The highest BCUT2D eigenvalue weighted by molar-refractivity contribution is 9.10. The second-order valence-corrected chi connectivity index (χ2v) is 5.21. The SMILES string of the molecule is CCCCN(CC(N)=O)C(=O)c1c(F)cc(Br)cc1F. The van der Waals surface area contributed by atoms with Crippen LogP contribution in [0, 0.1) is 11.6 Å².